The molecule has 0 unspecified atom stereocenters. The minimum absolute atomic E-state index is 0.0906. The number of carboxylic acid groups (broad SMARTS) is 1. The highest BCUT2D eigenvalue weighted by Gasteiger charge is 2.42. The van der Waals surface area contributed by atoms with Gasteiger partial charge >= 0.3 is 12.0 Å². The predicted molar refractivity (Wildman–Crippen MR) is 66.5 cm³/mol. The molecule has 0 saturated heterocycles. The number of ether oxygens (including phenoxy) is 1. The van der Waals surface area contributed by atoms with E-state index in [0.29, 0.717) is 19.2 Å². The maximum absolute atomic E-state index is 11.4. The molecule has 3 amide bonds. The summed E-state index contributed by atoms with van der Waals surface area (Å²) in [5, 5.41) is 12.9. The minimum atomic E-state index is -1.24. The molecule has 1 fully saturated rings. The van der Waals surface area contributed by atoms with Crippen LogP contribution in [0.15, 0.2) is 12.2 Å². The Morgan fingerprint density at radius 2 is 2.00 bits per heavy atom. The molecular weight excluding hydrogens is 252 g/mol. The Hall–Kier alpha value is -1.89. The molecular formula is C12H18N2O5. The van der Waals surface area contributed by atoms with Crippen molar-refractivity contribution < 1.29 is 24.2 Å². The molecule has 1 aliphatic carbocycles. The lowest BCUT2D eigenvalue weighted by Crippen LogP contribution is -2.41. The van der Waals surface area contributed by atoms with Crippen molar-refractivity contribution in [2.45, 2.75) is 19.3 Å². The number of methoxy groups -OCH3 is 1. The fraction of sp³-hybridized carbons (Fsp3) is 0.583. The molecule has 0 bridgehead atoms. The topological polar surface area (TPSA) is 105 Å². The Kier molecular flexibility index (Phi) is 5.50. The summed E-state index contributed by atoms with van der Waals surface area (Å²) < 4.78 is 5.00. The van der Waals surface area contributed by atoms with E-state index in [1.165, 1.54) is 0 Å². The van der Waals surface area contributed by atoms with Crippen molar-refractivity contribution in [2.75, 3.05) is 20.3 Å². The molecule has 19 heavy (non-hydrogen) atoms. The van der Waals surface area contributed by atoms with Crippen LogP contribution in [0.25, 0.3) is 0 Å². The number of urea groups is 1. The van der Waals surface area contributed by atoms with Crippen LogP contribution in [0, 0.1) is 5.41 Å². The van der Waals surface area contributed by atoms with E-state index >= 15 is 0 Å². The number of nitrogens with one attached hydrogen (secondary N) is 2. The molecule has 1 rings (SSSR count). The number of hydrogen-bond donors (Lipinski definition) is 3. The number of aliphatic carboxylic acids is 1. The molecule has 1 aliphatic rings. The third-order valence-corrected chi connectivity index (χ3v) is 3.03. The standard InChI is InChI=1S/C12H18N2O5/c1-19-7-6-12(4-5-12)8-13-11(18)14-9(15)2-3-10(16)17/h2-3H,4-8H2,1H3,(H,16,17)(H2,13,14,15,18)/b3-2+. The first kappa shape index (κ1) is 15.2. The first-order valence-electron chi connectivity index (χ1n) is 5.96. The van der Waals surface area contributed by atoms with E-state index in [2.05, 4.69) is 5.32 Å². The summed E-state index contributed by atoms with van der Waals surface area (Å²) in [4.78, 5) is 32.7. The summed E-state index contributed by atoms with van der Waals surface area (Å²) in [6.07, 6.45) is 4.40. The molecule has 7 heteroatoms. The van der Waals surface area contributed by atoms with Crippen molar-refractivity contribution in [3.63, 3.8) is 0 Å². The number of imide groups is 1. The van der Waals surface area contributed by atoms with Gasteiger partial charge in [0.05, 0.1) is 0 Å². The van der Waals surface area contributed by atoms with Gasteiger partial charge in [-0.15, -0.1) is 0 Å². The van der Waals surface area contributed by atoms with Crippen LogP contribution in [-0.4, -0.2) is 43.3 Å². The van der Waals surface area contributed by atoms with E-state index in [0.717, 1.165) is 25.3 Å². The molecule has 0 spiro atoms. The highest BCUT2D eigenvalue weighted by atomic mass is 16.5. The van der Waals surface area contributed by atoms with Gasteiger partial charge < -0.3 is 15.2 Å². The summed E-state index contributed by atoms with van der Waals surface area (Å²) in [6.45, 7) is 1.13. The Labute approximate surface area is 111 Å². The second-order valence-electron chi connectivity index (χ2n) is 4.59. The van der Waals surface area contributed by atoms with E-state index < -0.39 is 17.9 Å². The zero-order chi connectivity index (χ0) is 14.3. The van der Waals surface area contributed by atoms with Crippen LogP contribution in [0.3, 0.4) is 0 Å². The van der Waals surface area contributed by atoms with Crippen molar-refractivity contribution in [3.8, 4) is 0 Å². The fourth-order valence-electron chi connectivity index (χ4n) is 1.62. The second kappa shape index (κ2) is 6.89. The van der Waals surface area contributed by atoms with Gasteiger partial charge in [0.1, 0.15) is 0 Å². The van der Waals surface area contributed by atoms with Gasteiger partial charge in [-0.25, -0.2) is 9.59 Å². The summed E-state index contributed by atoms with van der Waals surface area (Å²) in [7, 11) is 1.63. The van der Waals surface area contributed by atoms with Crippen LogP contribution in [-0.2, 0) is 14.3 Å². The van der Waals surface area contributed by atoms with E-state index in [1.54, 1.807) is 7.11 Å². The van der Waals surface area contributed by atoms with Gasteiger partial charge in [-0.05, 0) is 24.7 Å². The number of rotatable bonds is 7. The molecule has 1 saturated carbocycles. The van der Waals surface area contributed by atoms with Gasteiger partial charge in [0.2, 0.25) is 0 Å². The van der Waals surface area contributed by atoms with Crippen molar-refractivity contribution in [1.29, 1.82) is 0 Å². The fourth-order valence-corrected chi connectivity index (χ4v) is 1.62. The SMILES string of the molecule is COCCC1(CNC(=O)NC(=O)/C=C/C(=O)O)CC1. The van der Waals surface area contributed by atoms with Gasteiger partial charge in [-0.3, -0.25) is 10.1 Å². The molecule has 0 atom stereocenters. The van der Waals surface area contributed by atoms with Crippen molar-refractivity contribution in [3.05, 3.63) is 12.2 Å². The first-order chi connectivity index (χ1) is 8.97. The summed E-state index contributed by atoms with van der Waals surface area (Å²) in [5.41, 5.74) is 0.0906. The molecule has 0 aromatic heterocycles. The lowest BCUT2D eigenvalue weighted by Gasteiger charge is -2.15. The number of amides is 3. The monoisotopic (exact) mass is 270 g/mol. The summed E-state index contributed by atoms with van der Waals surface area (Å²) in [6, 6.07) is -0.622. The maximum atomic E-state index is 11.4. The average Bonchev–Trinajstić information content (AvgIpc) is 3.12. The lowest BCUT2D eigenvalue weighted by molar-refractivity contribution is -0.131. The first-order valence-corrected chi connectivity index (χ1v) is 5.96. The van der Waals surface area contributed by atoms with E-state index in [-0.39, 0.29) is 5.41 Å². The molecule has 3 N–H and O–H groups in total. The average molecular weight is 270 g/mol. The number of hydrogen-bond acceptors (Lipinski definition) is 4. The molecule has 0 radical (unpaired) electrons. The Balaban J connectivity index is 2.24. The molecule has 0 heterocycles. The molecule has 7 nitrogen and oxygen atoms in total. The number of carbonyl (C=O) groups is 3. The van der Waals surface area contributed by atoms with Crippen LogP contribution >= 0.6 is 0 Å². The number of carboxylic acids is 1. The highest BCUT2D eigenvalue weighted by Crippen LogP contribution is 2.48. The van der Waals surface area contributed by atoms with Crippen LogP contribution in [0.1, 0.15) is 19.3 Å². The zero-order valence-electron chi connectivity index (χ0n) is 10.8. The lowest BCUT2D eigenvalue weighted by atomic mass is 10.0. The highest BCUT2D eigenvalue weighted by molar-refractivity contribution is 6.02. The predicted octanol–water partition coefficient (Wildman–Crippen LogP) is 0.270. The molecule has 0 aliphatic heterocycles. The maximum Gasteiger partial charge on any atom is 0.328 e. The largest absolute Gasteiger partial charge is 0.478 e. The van der Waals surface area contributed by atoms with Crippen LogP contribution in [0.4, 0.5) is 4.79 Å². The second-order valence-corrected chi connectivity index (χ2v) is 4.59. The van der Waals surface area contributed by atoms with E-state index in [4.69, 9.17) is 9.84 Å². The summed E-state index contributed by atoms with van der Waals surface area (Å²) in [5.74, 6) is -2.01. The van der Waals surface area contributed by atoms with Crippen LogP contribution < -0.4 is 10.6 Å². The summed E-state index contributed by atoms with van der Waals surface area (Å²) >= 11 is 0. The molecule has 0 aromatic carbocycles. The zero-order valence-corrected chi connectivity index (χ0v) is 10.8. The van der Waals surface area contributed by atoms with Crippen LogP contribution in [0.2, 0.25) is 0 Å². The number of carbonyl (C=O) groups excluding carboxylic acids is 2. The van der Waals surface area contributed by atoms with Gasteiger partial charge in [0.15, 0.2) is 0 Å². The Morgan fingerprint density at radius 1 is 1.32 bits per heavy atom. The quantitative estimate of drug-likeness (QED) is 0.576. The van der Waals surface area contributed by atoms with E-state index in [9.17, 15) is 14.4 Å². The van der Waals surface area contributed by atoms with Gasteiger partial charge in [-0.1, -0.05) is 0 Å². The third kappa shape index (κ3) is 6.01. The van der Waals surface area contributed by atoms with Gasteiger partial charge in [0, 0.05) is 32.4 Å². The van der Waals surface area contributed by atoms with Gasteiger partial charge in [0.25, 0.3) is 5.91 Å². The smallest absolute Gasteiger partial charge is 0.328 e. The Morgan fingerprint density at radius 3 is 2.53 bits per heavy atom. The van der Waals surface area contributed by atoms with Gasteiger partial charge in [-0.2, -0.15) is 0 Å². The minimum Gasteiger partial charge on any atom is -0.478 e. The van der Waals surface area contributed by atoms with Crippen LogP contribution in [0.5, 0.6) is 0 Å². The van der Waals surface area contributed by atoms with Crippen molar-refractivity contribution in [2.24, 2.45) is 5.41 Å². The third-order valence-electron chi connectivity index (χ3n) is 3.03. The van der Waals surface area contributed by atoms with E-state index in [1.807, 2.05) is 5.32 Å². The normalized spacial score (nSPS) is 16.1. The van der Waals surface area contributed by atoms with Crippen molar-refractivity contribution in [1.82, 2.24) is 10.6 Å². The molecule has 0 aromatic rings. The van der Waals surface area contributed by atoms with Crippen molar-refractivity contribution >= 4 is 17.9 Å². The Bertz CT molecular complexity index is 388. The molecule has 106 valence electrons.